The molecule has 0 fully saturated rings. The predicted octanol–water partition coefficient (Wildman–Crippen LogP) is 3.87. The molecular weight excluding hydrogens is 375 g/mol. The Kier molecular flexibility index (Phi) is 4.67. The first-order valence-electron chi connectivity index (χ1n) is 6.22. The zero-order chi connectivity index (χ0) is 16.5. The van der Waals surface area contributed by atoms with E-state index in [0.29, 0.717) is 10.0 Å². The number of benzene rings is 2. The van der Waals surface area contributed by atoms with Crippen LogP contribution in [0.2, 0.25) is 0 Å². The first kappa shape index (κ1) is 16.6. The lowest BCUT2D eigenvalue weighted by Crippen LogP contribution is -2.13. The fourth-order valence-corrected chi connectivity index (χ4v) is 3.41. The van der Waals surface area contributed by atoms with Crippen molar-refractivity contribution in [2.75, 3.05) is 0 Å². The third-order valence-corrected chi connectivity index (χ3v) is 4.81. The minimum atomic E-state index is -4.24. The summed E-state index contributed by atoms with van der Waals surface area (Å²) < 4.78 is 43.6. The zero-order valence-corrected chi connectivity index (χ0v) is 14.2. The topological polar surface area (TPSA) is 60.4 Å². The fraction of sp³-hybridized carbons (Fsp3) is 0.133. The molecule has 0 aliphatic carbocycles. The van der Waals surface area contributed by atoms with E-state index in [2.05, 4.69) is 15.9 Å². The van der Waals surface area contributed by atoms with Gasteiger partial charge in [0.25, 0.3) is 0 Å². The van der Waals surface area contributed by atoms with Crippen LogP contribution in [0.1, 0.15) is 22.8 Å². The van der Waals surface area contributed by atoms with Gasteiger partial charge in [0, 0.05) is 4.47 Å². The number of halogens is 2. The van der Waals surface area contributed by atoms with Gasteiger partial charge in [-0.2, -0.15) is 8.42 Å². The summed E-state index contributed by atoms with van der Waals surface area (Å²) in [5, 5.41) is 0. The highest BCUT2D eigenvalue weighted by Gasteiger charge is 2.22. The van der Waals surface area contributed by atoms with Crippen molar-refractivity contribution in [3.8, 4) is 5.75 Å². The highest BCUT2D eigenvalue weighted by molar-refractivity contribution is 9.10. The first-order valence-corrected chi connectivity index (χ1v) is 8.42. The summed E-state index contributed by atoms with van der Waals surface area (Å²) in [4.78, 5) is 11.3. The smallest absolute Gasteiger partial charge is 0.339 e. The quantitative estimate of drug-likeness (QED) is 0.591. The van der Waals surface area contributed by atoms with Crippen molar-refractivity contribution in [2.45, 2.75) is 18.7 Å². The van der Waals surface area contributed by atoms with Crippen LogP contribution in [-0.2, 0) is 10.1 Å². The molecule has 0 spiro atoms. The van der Waals surface area contributed by atoms with Crippen LogP contribution in [0.25, 0.3) is 0 Å². The van der Waals surface area contributed by atoms with Gasteiger partial charge in [-0.1, -0.05) is 22.0 Å². The van der Waals surface area contributed by atoms with Crippen LogP contribution in [0.4, 0.5) is 4.39 Å². The largest absolute Gasteiger partial charge is 0.378 e. The molecule has 0 bridgehead atoms. The molecule has 0 N–H and O–H groups in total. The predicted molar refractivity (Wildman–Crippen MR) is 83.1 cm³/mol. The van der Waals surface area contributed by atoms with Crippen LogP contribution < -0.4 is 4.18 Å². The van der Waals surface area contributed by atoms with Crippen molar-refractivity contribution in [1.29, 1.82) is 0 Å². The Morgan fingerprint density at radius 1 is 1.18 bits per heavy atom. The van der Waals surface area contributed by atoms with E-state index in [4.69, 9.17) is 4.18 Å². The number of carbonyl (C=O) groups excluding carboxylic acids is 1. The van der Waals surface area contributed by atoms with Gasteiger partial charge in [-0.15, -0.1) is 0 Å². The molecule has 0 saturated heterocycles. The van der Waals surface area contributed by atoms with Gasteiger partial charge in [0.2, 0.25) is 0 Å². The van der Waals surface area contributed by atoms with Crippen LogP contribution in [-0.4, -0.2) is 14.2 Å². The Labute approximate surface area is 136 Å². The lowest BCUT2D eigenvalue weighted by molar-refractivity contribution is 0.101. The van der Waals surface area contributed by atoms with Crippen LogP contribution in [0.15, 0.2) is 45.8 Å². The summed E-state index contributed by atoms with van der Waals surface area (Å²) in [6.45, 7) is 2.83. The van der Waals surface area contributed by atoms with E-state index < -0.39 is 15.9 Å². The van der Waals surface area contributed by atoms with Gasteiger partial charge in [-0.25, -0.2) is 4.39 Å². The minimum absolute atomic E-state index is 0.0978. The van der Waals surface area contributed by atoms with Crippen molar-refractivity contribution >= 4 is 31.8 Å². The number of carbonyl (C=O) groups is 1. The second-order valence-electron chi connectivity index (χ2n) is 4.64. The second kappa shape index (κ2) is 6.18. The molecule has 22 heavy (non-hydrogen) atoms. The average molecular weight is 387 g/mol. The van der Waals surface area contributed by atoms with Crippen LogP contribution in [0, 0.1) is 12.7 Å². The van der Waals surface area contributed by atoms with Crippen molar-refractivity contribution in [1.82, 2.24) is 0 Å². The maximum absolute atomic E-state index is 13.3. The van der Waals surface area contributed by atoms with E-state index in [-0.39, 0.29) is 22.0 Å². The van der Waals surface area contributed by atoms with Gasteiger partial charge < -0.3 is 4.18 Å². The number of Topliss-reactive ketones (excluding diaryl/α,β-unsaturated/α-hetero) is 1. The molecule has 0 aliphatic heterocycles. The summed E-state index contributed by atoms with van der Waals surface area (Å²) >= 11 is 3.20. The number of aryl methyl sites for hydroxylation is 1. The Morgan fingerprint density at radius 2 is 1.86 bits per heavy atom. The fourth-order valence-electron chi connectivity index (χ4n) is 1.86. The van der Waals surface area contributed by atoms with E-state index in [1.807, 2.05) is 0 Å². The van der Waals surface area contributed by atoms with Gasteiger partial charge >= 0.3 is 10.1 Å². The third-order valence-electron chi connectivity index (χ3n) is 2.94. The molecular formula is C15H12BrFO4S. The molecule has 2 aromatic rings. The molecule has 4 nitrogen and oxygen atoms in total. The summed E-state index contributed by atoms with van der Waals surface area (Å²) in [7, 11) is -4.24. The molecule has 0 unspecified atom stereocenters. The Morgan fingerprint density at radius 3 is 2.50 bits per heavy atom. The number of hydrogen-bond donors (Lipinski definition) is 0. The monoisotopic (exact) mass is 386 g/mol. The Hall–Kier alpha value is -1.73. The molecule has 0 saturated carbocycles. The summed E-state index contributed by atoms with van der Waals surface area (Å²) in [5.41, 5.74) is 0.467. The van der Waals surface area contributed by atoms with Crippen molar-refractivity contribution in [2.24, 2.45) is 0 Å². The van der Waals surface area contributed by atoms with Crippen molar-refractivity contribution in [3.63, 3.8) is 0 Å². The van der Waals surface area contributed by atoms with Crippen LogP contribution >= 0.6 is 15.9 Å². The number of ketones is 1. The summed E-state index contributed by atoms with van der Waals surface area (Å²) in [6, 6.07) is 7.78. The maximum Gasteiger partial charge on any atom is 0.339 e. The normalized spacial score (nSPS) is 11.3. The SMILES string of the molecule is CC(=O)c1cc(Br)ccc1OS(=O)(=O)c1cc(F)ccc1C. The lowest BCUT2D eigenvalue weighted by atomic mass is 10.1. The number of hydrogen-bond acceptors (Lipinski definition) is 4. The Bertz CT molecular complexity index is 847. The molecule has 0 radical (unpaired) electrons. The number of rotatable bonds is 4. The molecule has 0 heterocycles. The standard InChI is InChI=1S/C15H12BrFO4S/c1-9-3-5-12(17)8-15(9)22(19,20)21-14-6-4-11(16)7-13(14)10(2)18/h3-8H,1-2H3. The second-order valence-corrected chi connectivity index (χ2v) is 7.07. The van der Waals surface area contributed by atoms with Crippen LogP contribution in [0.3, 0.4) is 0 Å². The average Bonchev–Trinajstić information content (AvgIpc) is 2.43. The molecule has 7 heteroatoms. The maximum atomic E-state index is 13.3. The van der Waals surface area contributed by atoms with Crippen LogP contribution in [0.5, 0.6) is 5.75 Å². The van der Waals surface area contributed by atoms with E-state index in [0.717, 1.165) is 12.1 Å². The highest BCUT2D eigenvalue weighted by atomic mass is 79.9. The van der Waals surface area contributed by atoms with E-state index in [9.17, 15) is 17.6 Å². The molecule has 0 aliphatic rings. The van der Waals surface area contributed by atoms with Gasteiger partial charge in [-0.3, -0.25) is 4.79 Å². The van der Waals surface area contributed by atoms with Crippen molar-refractivity contribution < 1.29 is 21.8 Å². The lowest BCUT2D eigenvalue weighted by Gasteiger charge is -2.12. The molecule has 0 aromatic heterocycles. The molecule has 116 valence electrons. The molecule has 2 rings (SSSR count). The zero-order valence-electron chi connectivity index (χ0n) is 11.8. The highest BCUT2D eigenvalue weighted by Crippen LogP contribution is 2.28. The first-order chi connectivity index (χ1) is 10.2. The van der Waals surface area contributed by atoms with Gasteiger partial charge in [0.05, 0.1) is 5.56 Å². The molecule has 0 atom stereocenters. The third kappa shape index (κ3) is 3.53. The van der Waals surface area contributed by atoms with Gasteiger partial charge in [-0.05, 0) is 49.7 Å². The van der Waals surface area contributed by atoms with E-state index >= 15 is 0 Å². The molecule has 2 aromatic carbocycles. The van der Waals surface area contributed by atoms with E-state index in [1.165, 1.54) is 32.0 Å². The molecule has 0 amide bonds. The summed E-state index contributed by atoms with van der Waals surface area (Å²) in [5.74, 6) is -1.13. The van der Waals surface area contributed by atoms with Gasteiger partial charge in [0.15, 0.2) is 11.5 Å². The Balaban J connectivity index is 2.50. The minimum Gasteiger partial charge on any atom is -0.378 e. The van der Waals surface area contributed by atoms with Crippen molar-refractivity contribution in [3.05, 3.63) is 57.8 Å². The van der Waals surface area contributed by atoms with Gasteiger partial charge in [0.1, 0.15) is 10.7 Å². The van der Waals surface area contributed by atoms with E-state index in [1.54, 1.807) is 6.07 Å². The summed E-state index contributed by atoms with van der Waals surface area (Å²) in [6.07, 6.45) is 0.